The lowest BCUT2D eigenvalue weighted by molar-refractivity contribution is 0.0768. The van der Waals surface area contributed by atoms with E-state index in [9.17, 15) is 13.2 Å². The first kappa shape index (κ1) is 20.1. The second kappa shape index (κ2) is 7.91. The van der Waals surface area contributed by atoms with E-state index in [0.717, 1.165) is 34.6 Å². The lowest BCUT2D eigenvalue weighted by Gasteiger charge is -2.19. The van der Waals surface area contributed by atoms with Gasteiger partial charge in [-0.05, 0) is 63.0 Å². The Bertz CT molecular complexity index is 1150. The highest BCUT2D eigenvalue weighted by Crippen LogP contribution is 2.34. The van der Waals surface area contributed by atoms with Crippen LogP contribution < -0.4 is 5.32 Å². The van der Waals surface area contributed by atoms with Gasteiger partial charge in [-0.1, -0.05) is 12.1 Å². The molecule has 0 aliphatic carbocycles. The van der Waals surface area contributed by atoms with Crippen LogP contribution in [-0.2, 0) is 10.0 Å². The number of carbonyl (C=O) groups excluding carboxylic acids is 1. The third-order valence-corrected chi connectivity index (χ3v) is 9.05. The molecule has 10 heteroatoms. The Morgan fingerprint density at radius 3 is 2.68 bits per heavy atom. The van der Waals surface area contributed by atoms with E-state index >= 15 is 0 Å². The quantitative estimate of drug-likeness (QED) is 0.541. The predicted octanol–water partition coefficient (Wildman–Crippen LogP) is 3.90. The van der Waals surface area contributed by atoms with Crippen LogP contribution in [0.5, 0.6) is 0 Å². The van der Waals surface area contributed by atoms with Crippen molar-refractivity contribution in [3.8, 4) is 0 Å². The molecule has 1 fully saturated rings. The Kier molecular flexibility index (Phi) is 5.67. The van der Waals surface area contributed by atoms with Gasteiger partial charge in [-0.2, -0.15) is 8.42 Å². The number of halogens is 2. The average Bonchev–Trinajstić information content (AvgIpc) is 3.18. The van der Waals surface area contributed by atoms with Crippen LogP contribution in [0.25, 0.3) is 10.9 Å². The third-order valence-electron chi connectivity index (χ3n) is 4.66. The third kappa shape index (κ3) is 3.56. The van der Waals surface area contributed by atoms with E-state index in [0.29, 0.717) is 34.0 Å². The zero-order valence-corrected chi connectivity index (χ0v) is 19.5. The molecule has 1 amide bonds. The first-order valence-corrected chi connectivity index (χ1v) is 12.5. The van der Waals surface area contributed by atoms with Crippen molar-refractivity contribution in [3.63, 3.8) is 0 Å². The van der Waals surface area contributed by atoms with E-state index in [-0.39, 0.29) is 10.1 Å². The fourth-order valence-corrected chi connectivity index (χ4v) is 7.48. The van der Waals surface area contributed by atoms with E-state index in [1.807, 2.05) is 6.07 Å². The summed E-state index contributed by atoms with van der Waals surface area (Å²) >= 11 is 7.92. The molecule has 1 saturated heterocycles. The summed E-state index contributed by atoms with van der Waals surface area (Å²) in [7, 11) is -3.83. The number of aromatic nitrogens is 1. The van der Waals surface area contributed by atoms with Crippen LogP contribution >= 0.6 is 43.2 Å². The molecule has 1 aliphatic rings. The monoisotopic (exact) mass is 545 g/mol. The number of thiophene rings is 1. The van der Waals surface area contributed by atoms with Gasteiger partial charge in [0.25, 0.3) is 15.9 Å². The molecular weight excluding hydrogens is 530 g/mol. The van der Waals surface area contributed by atoms with Crippen molar-refractivity contribution in [2.24, 2.45) is 0 Å². The van der Waals surface area contributed by atoms with Crippen LogP contribution in [0.1, 0.15) is 16.8 Å². The van der Waals surface area contributed by atoms with Gasteiger partial charge < -0.3 is 10.2 Å². The number of nitrogens with one attached hydrogen (secondary N) is 1. The molecule has 3 aromatic rings. The number of carbonyl (C=O) groups is 1. The highest BCUT2D eigenvalue weighted by molar-refractivity contribution is 9.11. The molecule has 148 valence electrons. The normalized spacial score (nSPS) is 15.7. The number of hydrogen-bond donors (Lipinski definition) is 1. The van der Waals surface area contributed by atoms with Crippen LogP contribution in [0.3, 0.4) is 0 Å². The lowest BCUT2D eigenvalue weighted by Crippen LogP contribution is -2.34. The van der Waals surface area contributed by atoms with Crippen molar-refractivity contribution >= 4 is 70.0 Å². The van der Waals surface area contributed by atoms with Crippen LogP contribution in [0, 0.1) is 0 Å². The van der Waals surface area contributed by atoms with Crippen molar-refractivity contribution in [3.05, 3.63) is 50.4 Å². The predicted molar refractivity (Wildman–Crippen MR) is 118 cm³/mol. The summed E-state index contributed by atoms with van der Waals surface area (Å²) in [5, 5.41) is 3.90. The minimum absolute atomic E-state index is 0.145. The fourth-order valence-electron chi connectivity index (χ4n) is 3.32. The summed E-state index contributed by atoms with van der Waals surface area (Å²) in [6, 6.07) is 8.65. The molecule has 0 atom stereocenters. The number of benzene rings is 1. The van der Waals surface area contributed by atoms with E-state index in [1.54, 1.807) is 29.2 Å². The highest BCUT2D eigenvalue weighted by Gasteiger charge is 2.28. The van der Waals surface area contributed by atoms with E-state index in [4.69, 9.17) is 0 Å². The molecule has 2 aromatic heterocycles. The van der Waals surface area contributed by atoms with Gasteiger partial charge in [0.05, 0.1) is 14.9 Å². The van der Waals surface area contributed by atoms with Crippen LogP contribution in [-0.4, -0.2) is 49.4 Å². The number of hydrogen-bond acceptors (Lipinski definition) is 5. The first-order valence-electron chi connectivity index (χ1n) is 8.70. The summed E-state index contributed by atoms with van der Waals surface area (Å²) < 4.78 is 29.3. The van der Waals surface area contributed by atoms with Crippen molar-refractivity contribution < 1.29 is 13.2 Å². The molecule has 6 nitrogen and oxygen atoms in total. The SMILES string of the molecule is O=C(c1cn(S(=O)(=O)c2ccc(Br)s2)c2c(Br)cccc12)N1CCCNCC1. The molecular formula is C18H17Br2N3O3S2. The lowest BCUT2D eigenvalue weighted by atomic mass is 10.1. The second-order valence-electron chi connectivity index (χ2n) is 6.43. The van der Waals surface area contributed by atoms with Crippen molar-refractivity contribution in [1.29, 1.82) is 0 Å². The van der Waals surface area contributed by atoms with E-state index in [2.05, 4.69) is 37.2 Å². The van der Waals surface area contributed by atoms with Crippen LogP contribution in [0.2, 0.25) is 0 Å². The molecule has 1 aromatic carbocycles. The van der Waals surface area contributed by atoms with Crippen LogP contribution in [0.15, 0.2) is 49.0 Å². The highest BCUT2D eigenvalue weighted by atomic mass is 79.9. The van der Waals surface area contributed by atoms with Gasteiger partial charge in [0, 0.05) is 35.7 Å². The summed E-state index contributed by atoms with van der Waals surface area (Å²) in [5.41, 5.74) is 0.876. The zero-order valence-electron chi connectivity index (χ0n) is 14.7. The molecule has 1 aliphatic heterocycles. The van der Waals surface area contributed by atoms with Gasteiger partial charge in [0.1, 0.15) is 4.21 Å². The summed E-state index contributed by atoms with van der Waals surface area (Å²) in [5.74, 6) is -0.145. The first-order chi connectivity index (χ1) is 13.4. The van der Waals surface area contributed by atoms with Gasteiger partial charge in [-0.3, -0.25) is 4.79 Å². The number of rotatable bonds is 3. The largest absolute Gasteiger partial charge is 0.337 e. The molecule has 0 saturated carbocycles. The fraction of sp³-hybridized carbons (Fsp3) is 0.278. The van der Waals surface area contributed by atoms with Gasteiger partial charge in [-0.15, -0.1) is 11.3 Å². The minimum Gasteiger partial charge on any atom is -0.337 e. The average molecular weight is 547 g/mol. The topological polar surface area (TPSA) is 71.4 Å². The molecule has 28 heavy (non-hydrogen) atoms. The van der Waals surface area contributed by atoms with Crippen molar-refractivity contribution in [2.45, 2.75) is 10.6 Å². The molecule has 0 bridgehead atoms. The molecule has 4 rings (SSSR count). The summed E-state index contributed by atoms with van der Waals surface area (Å²) in [4.78, 5) is 15.0. The van der Waals surface area contributed by atoms with E-state index in [1.165, 1.54) is 10.2 Å². The molecule has 0 unspecified atom stereocenters. The molecule has 3 heterocycles. The molecule has 1 N–H and O–H groups in total. The van der Waals surface area contributed by atoms with Gasteiger partial charge in [0.2, 0.25) is 0 Å². The van der Waals surface area contributed by atoms with Crippen LogP contribution in [0.4, 0.5) is 0 Å². The number of amides is 1. The van der Waals surface area contributed by atoms with Gasteiger partial charge in [-0.25, -0.2) is 3.97 Å². The number of nitrogens with zero attached hydrogens (tertiary/aromatic N) is 2. The maximum atomic E-state index is 13.3. The number of para-hydroxylation sites is 1. The summed E-state index contributed by atoms with van der Waals surface area (Å²) in [6.45, 7) is 2.86. The Labute approximate surface area is 183 Å². The van der Waals surface area contributed by atoms with Gasteiger partial charge >= 0.3 is 0 Å². The Morgan fingerprint density at radius 1 is 1.11 bits per heavy atom. The second-order valence-corrected chi connectivity index (χ2v) is 11.8. The smallest absolute Gasteiger partial charge is 0.277 e. The maximum absolute atomic E-state index is 13.3. The Balaban J connectivity index is 1.88. The zero-order chi connectivity index (χ0) is 19.9. The standard InChI is InChI=1S/C18H17Br2N3O3S2/c19-14-4-1-3-12-13(18(24)22-9-2-7-21-8-10-22)11-23(17(12)14)28(25,26)16-6-5-15(20)27-16/h1,3-6,11,21H,2,7-10H2. The minimum atomic E-state index is -3.83. The van der Waals surface area contributed by atoms with Crippen molar-refractivity contribution in [1.82, 2.24) is 14.2 Å². The summed E-state index contributed by atoms with van der Waals surface area (Å²) in [6.07, 6.45) is 2.33. The maximum Gasteiger partial charge on any atom is 0.277 e. The van der Waals surface area contributed by atoms with Crippen molar-refractivity contribution in [2.75, 3.05) is 26.2 Å². The Hall–Kier alpha value is -1.20. The Morgan fingerprint density at radius 2 is 1.93 bits per heavy atom. The van der Waals surface area contributed by atoms with Gasteiger partial charge in [0.15, 0.2) is 0 Å². The number of fused-ring (bicyclic) bond motifs is 1. The molecule has 0 spiro atoms. The van der Waals surface area contributed by atoms with E-state index < -0.39 is 10.0 Å². The molecule has 0 radical (unpaired) electrons.